The Kier molecular flexibility index (Phi) is 5.63. The molecule has 1 aromatic rings. The molecular weight excluding hydrogens is 279 g/mol. The number of methoxy groups -OCH3 is 1. The third-order valence-corrected chi connectivity index (χ3v) is 2.91. The molecule has 7 heteroatoms. The SMILES string of the molecule is COC(=O)c1cc(NC(C)CC(C)C)c([N+](=O)[O-])cc1F. The number of carbonyl (C=O) groups excluding carboxylic acids is 1. The van der Waals surface area contributed by atoms with Crippen LogP contribution in [0, 0.1) is 21.8 Å². The number of ether oxygens (including phenoxy) is 1. The van der Waals surface area contributed by atoms with E-state index in [0.717, 1.165) is 25.7 Å². The highest BCUT2D eigenvalue weighted by Gasteiger charge is 2.23. The molecule has 6 nitrogen and oxygen atoms in total. The molecule has 0 saturated heterocycles. The average molecular weight is 298 g/mol. The van der Waals surface area contributed by atoms with E-state index in [2.05, 4.69) is 10.1 Å². The van der Waals surface area contributed by atoms with Crippen molar-refractivity contribution in [2.24, 2.45) is 5.92 Å². The van der Waals surface area contributed by atoms with Crippen molar-refractivity contribution in [3.63, 3.8) is 0 Å². The summed E-state index contributed by atoms with van der Waals surface area (Å²) in [6, 6.07) is 1.80. The summed E-state index contributed by atoms with van der Waals surface area (Å²) < 4.78 is 18.2. The molecule has 0 aliphatic carbocycles. The minimum atomic E-state index is -0.976. The van der Waals surface area contributed by atoms with Crippen LogP contribution in [0.4, 0.5) is 15.8 Å². The first-order chi connectivity index (χ1) is 9.76. The summed E-state index contributed by atoms with van der Waals surface area (Å²) in [6.07, 6.45) is 0.780. The molecule has 0 spiro atoms. The van der Waals surface area contributed by atoms with Crippen LogP contribution in [0.1, 0.15) is 37.6 Å². The molecule has 0 aromatic heterocycles. The van der Waals surface area contributed by atoms with E-state index in [9.17, 15) is 19.3 Å². The summed E-state index contributed by atoms with van der Waals surface area (Å²) in [5.41, 5.74) is -0.631. The molecule has 0 heterocycles. The summed E-state index contributed by atoms with van der Waals surface area (Å²) in [4.78, 5) is 21.8. The van der Waals surface area contributed by atoms with Crippen LogP contribution in [0.5, 0.6) is 0 Å². The number of halogens is 1. The molecule has 0 aliphatic heterocycles. The number of nitro benzene ring substituents is 1. The minimum absolute atomic E-state index is 0.0559. The van der Waals surface area contributed by atoms with Crippen molar-refractivity contribution in [1.82, 2.24) is 0 Å². The summed E-state index contributed by atoms with van der Waals surface area (Å²) in [7, 11) is 1.12. The smallest absolute Gasteiger partial charge is 0.340 e. The van der Waals surface area contributed by atoms with Gasteiger partial charge in [-0.25, -0.2) is 9.18 Å². The van der Waals surface area contributed by atoms with Crippen molar-refractivity contribution in [2.45, 2.75) is 33.2 Å². The number of nitrogens with zero attached hydrogens (tertiary/aromatic N) is 1. The summed E-state index contributed by atoms with van der Waals surface area (Å²) in [5, 5.41) is 14.0. The summed E-state index contributed by atoms with van der Waals surface area (Å²) >= 11 is 0. The lowest BCUT2D eigenvalue weighted by Gasteiger charge is -2.17. The van der Waals surface area contributed by atoms with Crippen molar-refractivity contribution in [3.8, 4) is 0 Å². The van der Waals surface area contributed by atoms with Gasteiger partial charge >= 0.3 is 5.97 Å². The maximum Gasteiger partial charge on any atom is 0.340 e. The zero-order chi connectivity index (χ0) is 16.2. The van der Waals surface area contributed by atoms with E-state index in [-0.39, 0.29) is 17.3 Å². The highest BCUT2D eigenvalue weighted by Crippen LogP contribution is 2.29. The van der Waals surface area contributed by atoms with Crippen molar-refractivity contribution >= 4 is 17.3 Å². The Morgan fingerprint density at radius 3 is 2.52 bits per heavy atom. The van der Waals surface area contributed by atoms with Crippen LogP contribution in [0.3, 0.4) is 0 Å². The van der Waals surface area contributed by atoms with Gasteiger partial charge in [-0.15, -0.1) is 0 Å². The van der Waals surface area contributed by atoms with Crippen molar-refractivity contribution < 1.29 is 18.8 Å². The van der Waals surface area contributed by atoms with Gasteiger partial charge in [-0.2, -0.15) is 0 Å². The fourth-order valence-corrected chi connectivity index (χ4v) is 2.13. The van der Waals surface area contributed by atoms with E-state index >= 15 is 0 Å². The van der Waals surface area contributed by atoms with Crippen molar-refractivity contribution in [3.05, 3.63) is 33.6 Å². The van der Waals surface area contributed by atoms with E-state index < -0.39 is 22.4 Å². The van der Waals surface area contributed by atoms with Gasteiger partial charge in [0.15, 0.2) is 0 Å². The second kappa shape index (κ2) is 7.01. The molecule has 0 radical (unpaired) electrons. The Labute approximate surface area is 122 Å². The highest BCUT2D eigenvalue weighted by atomic mass is 19.1. The van der Waals surface area contributed by atoms with Crippen LogP contribution in [0.25, 0.3) is 0 Å². The van der Waals surface area contributed by atoms with Gasteiger partial charge in [-0.3, -0.25) is 10.1 Å². The first-order valence-corrected chi connectivity index (χ1v) is 6.59. The molecule has 0 aliphatic rings. The molecule has 1 N–H and O–H groups in total. The van der Waals surface area contributed by atoms with Gasteiger partial charge in [0.05, 0.1) is 23.7 Å². The van der Waals surface area contributed by atoms with Gasteiger partial charge in [0.2, 0.25) is 0 Å². The van der Waals surface area contributed by atoms with E-state index in [0.29, 0.717) is 5.92 Å². The normalized spacial score (nSPS) is 12.1. The highest BCUT2D eigenvalue weighted by molar-refractivity contribution is 5.92. The molecule has 1 atom stereocenters. The number of carbonyl (C=O) groups is 1. The number of benzene rings is 1. The Bertz CT molecular complexity index is 546. The van der Waals surface area contributed by atoms with E-state index in [4.69, 9.17) is 0 Å². The second-order valence-corrected chi connectivity index (χ2v) is 5.27. The number of hydrogen-bond acceptors (Lipinski definition) is 5. The first kappa shape index (κ1) is 16.9. The van der Waals surface area contributed by atoms with Crippen LogP contribution in [-0.2, 0) is 4.74 Å². The third kappa shape index (κ3) is 4.40. The monoisotopic (exact) mass is 298 g/mol. The van der Waals surface area contributed by atoms with Crippen molar-refractivity contribution in [2.75, 3.05) is 12.4 Å². The fraction of sp³-hybridized carbons (Fsp3) is 0.500. The van der Waals surface area contributed by atoms with Crippen LogP contribution in [-0.4, -0.2) is 24.0 Å². The van der Waals surface area contributed by atoms with E-state index in [1.165, 1.54) is 0 Å². The van der Waals surface area contributed by atoms with Gasteiger partial charge in [0.25, 0.3) is 5.69 Å². The Hall–Kier alpha value is -2.18. The zero-order valence-corrected chi connectivity index (χ0v) is 12.5. The maximum absolute atomic E-state index is 13.7. The van der Waals surface area contributed by atoms with Gasteiger partial charge in [-0.05, 0) is 25.3 Å². The lowest BCUT2D eigenvalue weighted by molar-refractivity contribution is -0.384. The number of hydrogen-bond donors (Lipinski definition) is 1. The number of esters is 1. The predicted molar refractivity (Wildman–Crippen MR) is 76.9 cm³/mol. The molecule has 0 fully saturated rings. The lowest BCUT2D eigenvalue weighted by atomic mass is 10.0. The van der Waals surface area contributed by atoms with Crippen LogP contribution < -0.4 is 5.32 Å². The molecule has 0 saturated carbocycles. The molecule has 0 bridgehead atoms. The maximum atomic E-state index is 13.7. The molecule has 1 rings (SSSR count). The second-order valence-electron chi connectivity index (χ2n) is 5.27. The molecule has 1 aromatic carbocycles. The van der Waals surface area contributed by atoms with Crippen LogP contribution >= 0.6 is 0 Å². The quantitative estimate of drug-likeness (QED) is 0.494. The third-order valence-electron chi connectivity index (χ3n) is 2.91. The predicted octanol–water partition coefficient (Wildman–Crippen LogP) is 3.37. The van der Waals surface area contributed by atoms with Crippen molar-refractivity contribution in [1.29, 1.82) is 0 Å². The fourth-order valence-electron chi connectivity index (χ4n) is 2.13. The van der Waals surface area contributed by atoms with E-state index in [1.807, 2.05) is 20.8 Å². The topological polar surface area (TPSA) is 81.5 Å². The minimum Gasteiger partial charge on any atom is -0.465 e. The van der Waals surface area contributed by atoms with Gasteiger partial charge < -0.3 is 10.1 Å². The van der Waals surface area contributed by atoms with Gasteiger partial charge in [0.1, 0.15) is 11.5 Å². The summed E-state index contributed by atoms with van der Waals surface area (Å²) in [5.74, 6) is -1.45. The van der Waals surface area contributed by atoms with Crippen LogP contribution in [0.15, 0.2) is 12.1 Å². The molecule has 21 heavy (non-hydrogen) atoms. The Balaban J connectivity index is 3.20. The average Bonchev–Trinajstić information content (AvgIpc) is 2.38. The number of nitro groups is 1. The zero-order valence-electron chi connectivity index (χ0n) is 12.5. The molecule has 0 amide bonds. The molecular formula is C14H19FN2O4. The summed E-state index contributed by atoms with van der Waals surface area (Å²) in [6.45, 7) is 5.92. The number of nitrogens with one attached hydrogen (secondary N) is 1. The largest absolute Gasteiger partial charge is 0.465 e. The number of rotatable bonds is 6. The Morgan fingerprint density at radius 2 is 2.05 bits per heavy atom. The first-order valence-electron chi connectivity index (χ1n) is 6.59. The van der Waals surface area contributed by atoms with Gasteiger partial charge in [0, 0.05) is 6.04 Å². The standard InChI is InChI=1S/C14H19FN2O4/c1-8(2)5-9(3)16-12-6-10(14(18)21-4)11(15)7-13(12)17(19)20/h6-9,16H,5H2,1-4H3. The molecule has 116 valence electrons. The lowest BCUT2D eigenvalue weighted by Crippen LogP contribution is -2.19. The van der Waals surface area contributed by atoms with Crippen LogP contribution in [0.2, 0.25) is 0 Å². The van der Waals surface area contributed by atoms with Gasteiger partial charge in [-0.1, -0.05) is 13.8 Å². The Morgan fingerprint density at radius 1 is 1.43 bits per heavy atom. The molecule has 1 unspecified atom stereocenters. The number of anilines is 1. The van der Waals surface area contributed by atoms with E-state index in [1.54, 1.807) is 0 Å².